The molecule has 1 aromatic carbocycles. The minimum atomic E-state index is 1.06. The predicted octanol–water partition coefficient (Wildman–Crippen LogP) is 3.30. The van der Waals surface area contributed by atoms with Crippen molar-refractivity contribution < 1.29 is 0 Å². The van der Waals surface area contributed by atoms with E-state index in [0.717, 1.165) is 26.2 Å². The molecule has 0 aliphatic carbocycles. The van der Waals surface area contributed by atoms with Crippen LogP contribution in [0.1, 0.15) is 5.56 Å². The molecular weight excluding hydrogens is 266 g/mol. The van der Waals surface area contributed by atoms with Gasteiger partial charge in [-0.15, -0.1) is 11.3 Å². The molecule has 3 nitrogen and oxygen atoms in total. The molecule has 0 bridgehead atoms. The summed E-state index contributed by atoms with van der Waals surface area (Å²) in [6.45, 7) is 6.54. The number of para-hydroxylation sites is 1. The summed E-state index contributed by atoms with van der Waals surface area (Å²) in [6.07, 6.45) is 0. The van der Waals surface area contributed by atoms with E-state index in [1.54, 1.807) is 0 Å². The Morgan fingerprint density at radius 1 is 1.05 bits per heavy atom. The lowest BCUT2D eigenvalue weighted by molar-refractivity contribution is 0.179. The smallest absolute Gasteiger partial charge is 0.0576 e. The maximum absolute atomic E-state index is 3.60. The van der Waals surface area contributed by atoms with E-state index in [0.29, 0.717) is 0 Å². The third kappa shape index (κ3) is 2.87. The molecule has 1 aliphatic heterocycles. The van der Waals surface area contributed by atoms with Crippen molar-refractivity contribution in [1.29, 1.82) is 0 Å². The SMILES string of the molecule is Cc1ccsc1-c1ccccc1NN1CCN(C)CC1. The van der Waals surface area contributed by atoms with Crippen LogP contribution in [0.5, 0.6) is 0 Å². The molecule has 0 amide bonds. The van der Waals surface area contributed by atoms with Gasteiger partial charge in [0.05, 0.1) is 5.69 Å². The van der Waals surface area contributed by atoms with Gasteiger partial charge in [0.15, 0.2) is 0 Å². The number of benzene rings is 1. The first kappa shape index (κ1) is 13.6. The van der Waals surface area contributed by atoms with Crippen LogP contribution in [0.2, 0.25) is 0 Å². The highest BCUT2D eigenvalue weighted by Crippen LogP contribution is 2.34. The van der Waals surface area contributed by atoms with Gasteiger partial charge in [0.2, 0.25) is 0 Å². The van der Waals surface area contributed by atoms with Gasteiger partial charge < -0.3 is 10.3 Å². The van der Waals surface area contributed by atoms with E-state index in [1.807, 2.05) is 11.3 Å². The van der Waals surface area contributed by atoms with E-state index in [1.165, 1.54) is 21.7 Å². The zero-order valence-electron chi connectivity index (χ0n) is 12.1. The van der Waals surface area contributed by atoms with Crippen LogP contribution >= 0.6 is 11.3 Å². The summed E-state index contributed by atoms with van der Waals surface area (Å²) in [4.78, 5) is 3.73. The molecule has 20 heavy (non-hydrogen) atoms. The minimum Gasteiger partial charge on any atom is -0.318 e. The Bertz CT molecular complexity index is 571. The number of nitrogens with zero attached hydrogens (tertiary/aromatic N) is 2. The van der Waals surface area contributed by atoms with Crippen molar-refractivity contribution >= 4 is 17.0 Å². The third-order valence-corrected chi connectivity index (χ3v) is 4.87. The summed E-state index contributed by atoms with van der Waals surface area (Å²) in [5, 5.41) is 4.49. The Morgan fingerprint density at radius 3 is 2.50 bits per heavy atom. The van der Waals surface area contributed by atoms with Crippen molar-refractivity contribution in [3.63, 3.8) is 0 Å². The lowest BCUT2D eigenvalue weighted by atomic mass is 10.1. The number of likely N-dealkylation sites (N-methyl/N-ethyl adjacent to an activating group) is 1. The fraction of sp³-hybridized carbons (Fsp3) is 0.375. The fourth-order valence-electron chi connectivity index (χ4n) is 2.52. The first-order valence-electron chi connectivity index (χ1n) is 7.07. The van der Waals surface area contributed by atoms with Crippen LogP contribution < -0.4 is 5.43 Å². The number of thiophene rings is 1. The fourth-order valence-corrected chi connectivity index (χ4v) is 3.48. The summed E-state index contributed by atoms with van der Waals surface area (Å²) in [6, 6.07) is 10.8. The normalized spacial score (nSPS) is 17.3. The van der Waals surface area contributed by atoms with Crippen molar-refractivity contribution in [3.05, 3.63) is 41.3 Å². The van der Waals surface area contributed by atoms with E-state index >= 15 is 0 Å². The molecule has 1 aromatic heterocycles. The van der Waals surface area contributed by atoms with Gasteiger partial charge in [-0.25, -0.2) is 5.01 Å². The monoisotopic (exact) mass is 287 g/mol. The summed E-state index contributed by atoms with van der Waals surface area (Å²) >= 11 is 1.81. The minimum absolute atomic E-state index is 1.06. The molecule has 106 valence electrons. The molecule has 2 heterocycles. The predicted molar refractivity (Wildman–Crippen MR) is 87.2 cm³/mol. The van der Waals surface area contributed by atoms with E-state index in [2.05, 4.69) is 65.0 Å². The Morgan fingerprint density at radius 2 is 1.80 bits per heavy atom. The van der Waals surface area contributed by atoms with Crippen LogP contribution in [0.25, 0.3) is 10.4 Å². The molecule has 1 fully saturated rings. The molecule has 2 aromatic rings. The summed E-state index contributed by atoms with van der Waals surface area (Å²) in [5.74, 6) is 0. The molecule has 0 atom stereocenters. The zero-order valence-corrected chi connectivity index (χ0v) is 12.9. The Balaban J connectivity index is 1.82. The van der Waals surface area contributed by atoms with Gasteiger partial charge in [0.25, 0.3) is 0 Å². The molecule has 1 saturated heterocycles. The Labute approximate surface area is 124 Å². The third-order valence-electron chi connectivity index (χ3n) is 3.82. The van der Waals surface area contributed by atoms with Gasteiger partial charge in [-0.2, -0.15) is 0 Å². The molecule has 0 unspecified atom stereocenters. The second-order valence-electron chi connectivity index (χ2n) is 5.38. The van der Waals surface area contributed by atoms with Gasteiger partial charge in [0.1, 0.15) is 0 Å². The number of piperazine rings is 1. The van der Waals surface area contributed by atoms with Crippen LogP contribution in [0.4, 0.5) is 5.69 Å². The number of nitrogens with one attached hydrogen (secondary N) is 1. The molecule has 1 N–H and O–H groups in total. The lowest BCUT2D eigenvalue weighted by Gasteiger charge is -2.33. The van der Waals surface area contributed by atoms with Crippen LogP contribution in [0.3, 0.4) is 0 Å². The number of hydrazine groups is 1. The molecule has 3 rings (SSSR count). The highest BCUT2D eigenvalue weighted by Gasteiger charge is 2.15. The van der Waals surface area contributed by atoms with Gasteiger partial charge in [-0.05, 0) is 37.0 Å². The van der Waals surface area contributed by atoms with Gasteiger partial charge >= 0.3 is 0 Å². The molecule has 4 heteroatoms. The molecular formula is C16H21N3S. The number of hydrogen-bond acceptors (Lipinski definition) is 4. The lowest BCUT2D eigenvalue weighted by Crippen LogP contribution is -2.47. The largest absolute Gasteiger partial charge is 0.318 e. The topological polar surface area (TPSA) is 18.5 Å². The maximum atomic E-state index is 3.60. The van der Waals surface area contributed by atoms with Crippen LogP contribution in [0.15, 0.2) is 35.7 Å². The van der Waals surface area contributed by atoms with Gasteiger partial charge in [-0.3, -0.25) is 0 Å². The highest BCUT2D eigenvalue weighted by atomic mass is 32.1. The average molecular weight is 287 g/mol. The van der Waals surface area contributed by atoms with Crippen LogP contribution in [-0.2, 0) is 0 Å². The van der Waals surface area contributed by atoms with Crippen molar-refractivity contribution in [2.75, 3.05) is 38.7 Å². The van der Waals surface area contributed by atoms with Crippen molar-refractivity contribution in [3.8, 4) is 10.4 Å². The Hall–Kier alpha value is -1.36. The quantitative estimate of drug-likeness (QED) is 0.934. The number of hydrogen-bond donors (Lipinski definition) is 1. The number of rotatable bonds is 3. The zero-order chi connectivity index (χ0) is 13.9. The average Bonchev–Trinajstić information content (AvgIpc) is 2.88. The number of aryl methyl sites for hydroxylation is 1. The van der Waals surface area contributed by atoms with Crippen LogP contribution in [-0.4, -0.2) is 43.1 Å². The van der Waals surface area contributed by atoms with Crippen molar-refractivity contribution in [2.45, 2.75) is 6.92 Å². The molecule has 0 spiro atoms. The highest BCUT2D eigenvalue weighted by molar-refractivity contribution is 7.13. The van der Waals surface area contributed by atoms with Gasteiger partial charge in [0, 0.05) is 36.6 Å². The van der Waals surface area contributed by atoms with E-state index in [4.69, 9.17) is 0 Å². The first-order chi connectivity index (χ1) is 9.74. The summed E-state index contributed by atoms with van der Waals surface area (Å²) in [5.41, 5.74) is 7.46. The first-order valence-corrected chi connectivity index (χ1v) is 7.95. The Kier molecular flexibility index (Phi) is 4.05. The molecule has 0 radical (unpaired) electrons. The molecule has 0 saturated carbocycles. The summed E-state index contributed by atoms with van der Waals surface area (Å²) in [7, 11) is 2.18. The second kappa shape index (κ2) is 5.95. The molecule has 1 aliphatic rings. The van der Waals surface area contributed by atoms with E-state index in [9.17, 15) is 0 Å². The van der Waals surface area contributed by atoms with Crippen molar-refractivity contribution in [1.82, 2.24) is 9.91 Å². The second-order valence-corrected chi connectivity index (χ2v) is 6.30. The maximum Gasteiger partial charge on any atom is 0.0576 e. The van der Waals surface area contributed by atoms with Gasteiger partial charge in [-0.1, -0.05) is 18.2 Å². The number of anilines is 1. The van der Waals surface area contributed by atoms with Crippen molar-refractivity contribution in [2.24, 2.45) is 0 Å². The van der Waals surface area contributed by atoms with E-state index in [-0.39, 0.29) is 0 Å². The summed E-state index contributed by atoms with van der Waals surface area (Å²) < 4.78 is 0. The standard InChI is InChI=1S/C16H21N3S/c1-13-7-12-20-16(13)14-5-3-4-6-15(14)17-19-10-8-18(2)9-11-19/h3-7,12,17H,8-11H2,1-2H3. The van der Waals surface area contributed by atoms with E-state index < -0.39 is 0 Å². The van der Waals surface area contributed by atoms with Crippen LogP contribution in [0, 0.1) is 6.92 Å².